The van der Waals surface area contributed by atoms with E-state index in [1.807, 2.05) is 0 Å². The van der Waals surface area contributed by atoms with Crippen molar-refractivity contribution in [3.63, 3.8) is 0 Å². The van der Waals surface area contributed by atoms with E-state index in [4.69, 9.17) is 5.11 Å². The van der Waals surface area contributed by atoms with Crippen LogP contribution in [0.1, 0.15) is 11.1 Å². The number of nitrogens with zero attached hydrogens (tertiary/aromatic N) is 1. The minimum atomic E-state index is -4.41. The van der Waals surface area contributed by atoms with Crippen molar-refractivity contribution in [3.8, 4) is 0 Å². The van der Waals surface area contributed by atoms with Crippen LogP contribution in [0.25, 0.3) is 0 Å². The van der Waals surface area contributed by atoms with Gasteiger partial charge in [0.1, 0.15) is 0 Å². The molecule has 0 aromatic heterocycles. The predicted octanol–water partition coefficient (Wildman–Crippen LogP) is 1.70. The fourth-order valence-electron chi connectivity index (χ4n) is 1.44. The Kier molecular flexibility index (Phi) is 4.72. The molecule has 1 rings (SSSR count). The summed E-state index contributed by atoms with van der Waals surface area (Å²) in [6.45, 7) is -0.0113. The maximum absolute atomic E-state index is 12.5. The van der Waals surface area contributed by atoms with Crippen LogP contribution in [0.5, 0.6) is 0 Å². The third-order valence-corrected chi connectivity index (χ3v) is 2.47. The van der Waals surface area contributed by atoms with Gasteiger partial charge in [0.2, 0.25) is 5.91 Å². The summed E-state index contributed by atoms with van der Waals surface area (Å²) in [6.07, 6.45) is -4.52. The van der Waals surface area contributed by atoms with Crippen LogP contribution in [0.4, 0.5) is 13.2 Å². The Hall–Kier alpha value is -1.56. The number of benzene rings is 1. The van der Waals surface area contributed by atoms with Gasteiger partial charge in [0.15, 0.2) is 0 Å². The first-order chi connectivity index (χ1) is 8.34. The number of likely N-dealkylation sites (N-methyl/N-ethyl adjacent to an activating group) is 1. The lowest BCUT2D eigenvalue weighted by Crippen LogP contribution is -2.30. The summed E-state index contributed by atoms with van der Waals surface area (Å²) in [5.74, 6) is -0.330. The van der Waals surface area contributed by atoms with Crippen LogP contribution in [0.15, 0.2) is 24.3 Å². The van der Waals surface area contributed by atoms with E-state index >= 15 is 0 Å². The molecule has 0 saturated heterocycles. The summed E-state index contributed by atoms with van der Waals surface area (Å²) >= 11 is 0. The van der Waals surface area contributed by atoms with Crippen molar-refractivity contribution in [3.05, 3.63) is 35.4 Å². The second-order valence-electron chi connectivity index (χ2n) is 3.91. The average molecular weight is 261 g/mol. The molecule has 0 aliphatic rings. The Morgan fingerprint density at radius 1 is 1.39 bits per heavy atom. The minimum absolute atomic E-state index is 0.111. The van der Waals surface area contributed by atoms with E-state index in [2.05, 4.69) is 0 Å². The van der Waals surface area contributed by atoms with Gasteiger partial charge in [-0.25, -0.2) is 0 Å². The Balaban J connectivity index is 2.77. The third-order valence-electron chi connectivity index (χ3n) is 2.47. The van der Waals surface area contributed by atoms with E-state index in [0.717, 1.165) is 12.1 Å². The fourth-order valence-corrected chi connectivity index (χ4v) is 1.44. The number of aliphatic hydroxyl groups excluding tert-OH is 1. The van der Waals surface area contributed by atoms with E-state index < -0.39 is 11.7 Å². The minimum Gasteiger partial charge on any atom is -0.395 e. The molecular formula is C12H14F3NO2. The predicted molar refractivity (Wildman–Crippen MR) is 59.9 cm³/mol. The molecule has 1 N–H and O–H groups in total. The van der Waals surface area contributed by atoms with Crippen molar-refractivity contribution >= 4 is 5.91 Å². The van der Waals surface area contributed by atoms with Crippen molar-refractivity contribution in [1.82, 2.24) is 4.90 Å². The van der Waals surface area contributed by atoms with E-state index in [-0.39, 0.29) is 25.5 Å². The molecule has 0 aliphatic carbocycles. The SMILES string of the molecule is CN(CCO)C(=O)Cc1cccc(C(F)(F)F)c1. The Bertz CT molecular complexity index is 418. The Morgan fingerprint density at radius 2 is 2.06 bits per heavy atom. The Labute approximate surface area is 103 Å². The molecule has 0 spiro atoms. The molecule has 0 unspecified atom stereocenters. The van der Waals surface area contributed by atoms with E-state index in [0.29, 0.717) is 5.56 Å². The lowest BCUT2D eigenvalue weighted by atomic mass is 10.1. The number of carbonyl (C=O) groups excluding carboxylic acids is 1. The maximum atomic E-state index is 12.5. The third kappa shape index (κ3) is 4.03. The highest BCUT2D eigenvalue weighted by Crippen LogP contribution is 2.29. The van der Waals surface area contributed by atoms with Gasteiger partial charge in [-0.1, -0.05) is 18.2 Å². The number of hydrogen-bond acceptors (Lipinski definition) is 2. The van der Waals surface area contributed by atoms with Gasteiger partial charge >= 0.3 is 6.18 Å². The zero-order valence-electron chi connectivity index (χ0n) is 9.87. The second-order valence-corrected chi connectivity index (χ2v) is 3.91. The van der Waals surface area contributed by atoms with Crippen LogP contribution < -0.4 is 0 Å². The monoisotopic (exact) mass is 261 g/mol. The number of halogens is 3. The number of hydrogen-bond donors (Lipinski definition) is 1. The molecule has 3 nitrogen and oxygen atoms in total. The van der Waals surface area contributed by atoms with Gasteiger partial charge in [0, 0.05) is 13.6 Å². The number of amides is 1. The van der Waals surface area contributed by atoms with E-state index in [1.165, 1.54) is 24.1 Å². The molecule has 0 radical (unpaired) electrons. The molecule has 100 valence electrons. The molecular weight excluding hydrogens is 247 g/mol. The summed E-state index contributed by atoms with van der Waals surface area (Å²) in [6, 6.07) is 4.67. The standard InChI is InChI=1S/C12H14F3NO2/c1-16(5-6-17)11(18)8-9-3-2-4-10(7-9)12(13,14)15/h2-4,7,17H,5-6,8H2,1H3. The first-order valence-corrected chi connectivity index (χ1v) is 5.35. The molecule has 0 atom stereocenters. The number of alkyl halides is 3. The summed E-state index contributed by atoms with van der Waals surface area (Å²) in [5, 5.41) is 8.66. The number of aliphatic hydroxyl groups is 1. The topological polar surface area (TPSA) is 40.5 Å². The zero-order chi connectivity index (χ0) is 13.8. The highest BCUT2D eigenvalue weighted by Gasteiger charge is 2.30. The van der Waals surface area contributed by atoms with Crippen molar-refractivity contribution in [2.45, 2.75) is 12.6 Å². The van der Waals surface area contributed by atoms with Crippen LogP contribution in [0.3, 0.4) is 0 Å². The fraction of sp³-hybridized carbons (Fsp3) is 0.417. The van der Waals surface area contributed by atoms with Crippen LogP contribution in [-0.4, -0.2) is 36.1 Å². The van der Waals surface area contributed by atoms with E-state index in [9.17, 15) is 18.0 Å². The molecule has 0 fully saturated rings. The first-order valence-electron chi connectivity index (χ1n) is 5.35. The smallest absolute Gasteiger partial charge is 0.395 e. The highest BCUT2D eigenvalue weighted by atomic mass is 19.4. The van der Waals surface area contributed by atoms with Gasteiger partial charge in [-0.2, -0.15) is 13.2 Å². The van der Waals surface area contributed by atoms with Crippen molar-refractivity contribution < 1.29 is 23.1 Å². The number of rotatable bonds is 4. The quantitative estimate of drug-likeness (QED) is 0.896. The van der Waals surface area contributed by atoms with Gasteiger partial charge in [-0.3, -0.25) is 4.79 Å². The molecule has 1 amide bonds. The van der Waals surface area contributed by atoms with Gasteiger partial charge in [0.25, 0.3) is 0 Å². The largest absolute Gasteiger partial charge is 0.416 e. The van der Waals surface area contributed by atoms with Crippen molar-refractivity contribution in [2.75, 3.05) is 20.2 Å². The van der Waals surface area contributed by atoms with Crippen molar-refractivity contribution in [2.24, 2.45) is 0 Å². The molecule has 18 heavy (non-hydrogen) atoms. The molecule has 0 aliphatic heterocycles. The summed E-state index contributed by atoms with van der Waals surface area (Å²) in [4.78, 5) is 12.9. The molecule has 1 aromatic carbocycles. The van der Waals surface area contributed by atoms with Crippen LogP contribution in [0, 0.1) is 0 Å². The summed E-state index contributed by atoms with van der Waals surface area (Å²) in [7, 11) is 1.49. The van der Waals surface area contributed by atoms with Gasteiger partial charge < -0.3 is 10.0 Å². The average Bonchev–Trinajstić information content (AvgIpc) is 2.28. The first kappa shape index (κ1) is 14.5. The van der Waals surface area contributed by atoms with Crippen LogP contribution in [0.2, 0.25) is 0 Å². The van der Waals surface area contributed by atoms with Crippen molar-refractivity contribution in [1.29, 1.82) is 0 Å². The molecule has 0 saturated carbocycles. The molecule has 1 aromatic rings. The van der Waals surface area contributed by atoms with E-state index in [1.54, 1.807) is 0 Å². The molecule has 6 heteroatoms. The molecule has 0 heterocycles. The van der Waals surface area contributed by atoms with Crippen LogP contribution >= 0.6 is 0 Å². The summed E-state index contributed by atoms with van der Waals surface area (Å²) in [5.41, 5.74) is -0.461. The van der Waals surface area contributed by atoms with Gasteiger partial charge in [-0.05, 0) is 11.6 Å². The lowest BCUT2D eigenvalue weighted by molar-refractivity contribution is -0.137. The highest BCUT2D eigenvalue weighted by molar-refractivity contribution is 5.78. The normalized spacial score (nSPS) is 11.4. The van der Waals surface area contributed by atoms with Gasteiger partial charge in [0.05, 0.1) is 18.6 Å². The zero-order valence-corrected chi connectivity index (χ0v) is 9.87. The lowest BCUT2D eigenvalue weighted by Gasteiger charge is -2.16. The Morgan fingerprint density at radius 3 is 2.61 bits per heavy atom. The maximum Gasteiger partial charge on any atom is 0.416 e. The molecule has 0 bridgehead atoms. The number of carbonyl (C=O) groups is 1. The second kappa shape index (κ2) is 5.86. The van der Waals surface area contributed by atoms with Crippen LogP contribution in [-0.2, 0) is 17.4 Å². The van der Waals surface area contributed by atoms with Gasteiger partial charge in [-0.15, -0.1) is 0 Å². The summed E-state index contributed by atoms with van der Waals surface area (Å²) < 4.78 is 37.4.